The molecule has 0 N–H and O–H groups in total. The normalized spacial score (nSPS) is 10.6. The zero-order valence-electron chi connectivity index (χ0n) is 10.2. The van der Waals surface area contributed by atoms with Gasteiger partial charge in [-0.2, -0.15) is 5.10 Å². The van der Waals surface area contributed by atoms with Crippen LogP contribution in [0.25, 0.3) is 11.3 Å². The molecule has 3 aromatic rings. The molecule has 0 spiro atoms. The first-order chi connectivity index (χ1) is 9.33. The summed E-state index contributed by atoms with van der Waals surface area (Å²) in [5.41, 5.74) is 3.07. The van der Waals surface area contributed by atoms with E-state index in [0.29, 0.717) is 6.54 Å². The molecule has 0 amide bonds. The van der Waals surface area contributed by atoms with Crippen molar-refractivity contribution in [3.63, 3.8) is 0 Å². The number of hydrogen-bond donors (Lipinski definition) is 0. The smallest absolute Gasteiger partial charge is 0.0924 e. The lowest BCUT2D eigenvalue weighted by Gasteiger charge is -2.04. The van der Waals surface area contributed by atoms with Gasteiger partial charge in [-0.25, -0.2) is 0 Å². The molecule has 2 aromatic heterocycles. The van der Waals surface area contributed by atoms with Crippen LogP contribution in [0.1, 0.15) is 5.56 Å². The molecule has 94 valence electrons. The molecule has 19 heavy (non-hydrogen) atoms. The van der Waals surface area contributed by atoms with Crippen LogP contribution in [0.3, 0.4) is 0 Å². The Hall–Kier alpha value is -2.13. The minimum atomic E-state index is 0.671. The molecule has 4 heteroatoms. The summed E-state index contributed by atoms with van der Waals surface area (Å²) < 4.78 is 1.89. The SMILES string of the molecule is Clc1ccccc1Cn1ccc(-c2ccncc2)n1. The number of aromatic nitrogens is 3. The highest BCUT2D eigenvalue weighted by Crippen LogP contribution is 2.18. The predicted molar refractivity (Wildman–Crippen MR) is 76.0 cm³/mol. The van der Waals surface area contributed by atoms with Crippen molar-refractivity contribution in [3.05, 3.63) is 71.6 Å². The molecular weight excluding hydrogens is 258 g/mol. The highest BCUT2D eigenvalue weighted by atomic mass is 35.5. The third-order valence-electron chi connectivity index (χ3n) is 2.91. The summed E-state index contributed by atoms with van der Waals surface area (Å²) in [6.45, 7) is 0.671. The molecule has 0 saturated heterocycles. The molecule has 0 bridgehead atoms. The maximum absolute atomic E-state index is 6.15. The Balaban J connectivity index is 1.85. The van der Waals surface area contributed by atoms with Gasteiger partial charge in [0.15, 0.2) is 0 Å². The van der Waals surface area contributed by atoms with Crippen LogP contribution in [-0.2, 0) is 6.54 Å². The molecule has 0 aliphatic rings. The van der Waals surface area contributed by atoms with Gasteiger partial charge in [0.1, 0.15) is 0 Å². The maximum Gasteiger partial charge on any atom is 0.0924 e. The minimum Gasteiger partial charge on any atom is -0.268 e. The van der Waals surface area contributed by atoms with Crippen LogP contribution >= 0.6 is 11.6 Å². The minimum absolute atomic E-state index is 0.671. The number of pyridine rings is 1. The van der Waals surface area contributed by atoms with Gasteiger partial charge in [-0.1, -0.05) is 29.8 Å². The maximum atomic E-state index is 6.15. The highest BCUT2D eigenvalue weighted by molar-refractivity contribution is 6.31. The standard InChI is InChI=1S/C15H12ClN3/c16-14-4-2-1-3-13(14)11-19-10-7-15(18-19)12-5-8-17-9-6-12/h1-10H,11H2. The molecule has 3 rings (SSSR count). The third kappa shape index (κ3) is 2.66. The summed E-state index contributed by atoms with van der Waals surface area (Å²) in [7, 11) is 0. The second-order valence-corrected chi connectivity index (χ2v) is 4.63. The summed E-state index contributed by atoms with van der Waals surface area (Å²) in [4.78, 5) is 4.01. The number of nitrogens with zero attached hydrogens (tertiary/aromatic N) is 3. The molecule has 0 fully saturated rings. The van der Waals surface area contributed by atoms with Gasteiger partial charge in [0.25, 0.3) is 0 Å². The summed E-state index contributed by atoms with van der Waals surface area (Å²) in [5.74, 6) is 0. The van der Waals surface area contributed by atoms with E-state index < -0.39 is 0 Å². The monoisotopic (exact) mass is 269 g/mol. The number of halogens is 1. The van der Waals surface area contributed by atoms with E-state index in [-0.39, 0.29) is 0 Å². The van der Waals surface area contributed by atoms with E-state index in [0.717, 1.165) is 21.8 Å². The molecule has 0 aliphatic carbocycles. The van der Waals surface area contributed by atoms with Crippen LogP contribution in [0.2, 0.25) is 5.02 Å². The van der Waals surface area contributed by atoms with E-state index in [4.69, 9.17) is 11.6 Å². The van der Waals surface area contributed by atoms with Crippen LogP contribution in [0.5, 0.6) is 0 Å². The molecule has 1 aromatic carbocycles. The van der Waals surface area contributed by atoms with Gasteiger partial charge >= 0.3 is 0 Å². The zero-order chi connectivity index (χ0) is 13.1. The van der Waals surface area contributed by atoms with E-state index in [9.17, 15) is 0 Å². The number of hydrogen-bond acceptors (Lipinski definition) is 2. The largest absolute Gasteiger partial charge is 0.268 e. The average Bonchev–Trinajstić information content (AvgIpc) is 2.91. The molecule has 3 nitrogen and oxygen atoms in total. The van der Waals surface area contributed by atoms with Gasteiger partial charge in [0.05, 0.1) is 12.2 Å². The van der Waals surface area contributed by atoms with Crippen LogP contribution in [0.15, 0.2) is 61.1 Å². The van der Waals surface area contributed by atoms with Crippen molar-refractivity contribution in [2.75, 3.05) is 0 Å². The molecule has 2 heterocycles. The van der Waals surface area contributed by atoms with Crippen LogP contribution in [0.4, 0.5) is 0 Å². The molecule has 0 unspecified atom stereocenters. The summed E-state index contributed by atoms with van der Waals surface area (Å²) in [6.07, 6.45) is 5.49. The van der Waals surface area contributed by atoms with E-state index >= 15 is 0 Å². The fraction of sp³-hybridized carbons (Fsp3) is 0.0667. The van der Waals surface area contributed by atoms with Gasteiger partial charge in [0.2, 0.25) is 0 Å². The van der Waals surface area contributed by atoms with Crippen LogP contribution < -0.4 is 0 Å². The molecule has 0 radical (unpaired) electrons. The van der Waals surface area contributed by atoms with E-state index in [1.807, 2.05) is 53.3 Å². The van der Waals surface area contributed by atoms with Gasteiger partial charge < -0.3 is 0 Å². The fourth-order valence-corrected chi connectivity index (χ4v) is 2.12. The number of benzene rings is 1. The van der Waals surface area contributed by atoms with Crippen molar-refractivity contribution < 1.29 is 0 Å². The van der Waals surface area contributed by atoms with Crippen molar-refractivity contribution in [3.8, 4) is 11.3 Å². The fourth-order valence-electron chi connectivity index (χ4n) is 1.93. The first-order valence-electron chi connectivity index (χ1n) is 6.00. The Morgan fingerprint density at radius 2 is 1.79 bits per heavy atom. The summed E-state index contributed by atoms with van der Waals surface area (Å²) in [6, 6.07) is 13.7. The van der Waals surface area contributed by atoms with Gasteiger partial charge in [0, 0.05) is 29.2 Å². The lowest BCUT2D eigenvalue weighted by Crippen LogP contribution is -2.00. The first kappa shape index (κ1) is 11.9. The second-order valence-electron chi connectivity index (χ2n) is 4.23. The van der Waals surface area contributed by atoms with Gasteiger partial charge in [-0.05, 0) is 29.8 Å². The Kier molecular flexibility index (Phi) is 3.29. The van der Waals surface area contributed by atoms with Crippen LogP contribution in [-0.4, -0.2) is 14.8 Å². The Bertz CT molecular complexity index is 677. The van der Waals surface area contributed by atoms with Crippen molar-refractivity contribution in [2.45, 2.75) is 6.54 Å². The lowest BCUT2D eigenvalue weighted by atomic mass is 10.2. The molecule has 0 aliphatic heterocycles. The predicted octanol–water partition coefficient (Wildman–Crippen LogP) is 3.65. The molecular formula is C15H12ClN3. The van der Waals surface area contributed by atoms with Crippen LogP contribution in [0, 0.1) is 0 Å². The van der Waals surface area contributed by atoms with Crippen molar-refractivity contribution in [1.82, 2.24) is 14.8 Å². The number of rotatable bonds is 3. The summed E-state index contributed by atoms with van der Waals surface area (Å²) in [5, 5.41) is 5.31. The van der Waals surface area contributed by atoms with E-state index in [2.05, 4.69) is 10.1 Å². The quantitative estimate of drug-likeness (QED) is 0.727. The van der Waals surface area contributed by atoms with Gasteiger partial charge in [-0.3, -0.25) is 9.67 Å². The average molecular weight is 270 g/mol. The summed E-state index contributed by atoms with van der Waals surface area (Å²) >= 11 is 6.15. The topological polar surface area (TPSA) is 30.7 Å². The van der Waals surface area contributed by atoms with Crippen molar-refractivity contribution in [2.24, 2.45) is 0 Å². The third-order valence-corrected chi connectivity index (χ3v) is 3.28. The van der Waals surface area contributed by atoms with Crippen molar-refractivity contribution in [1.29, 1.82) is 0 Å². The second kappa shape index (κ2) is 5.24. The Morgan fingerprint density at radius 3 is 2.58 bits per heavy atom. The highest BCUT2D eigenvalue weighted by Gasteiger charge is 2.04. The lowest BCUT2D eigenvalue weighted by molar-refractivity contribution is 0.689. The van der Waals surface area contributed by atoms with Gasteiger partial charge in [-0.15, -0.1) is 0 Å². The Morgan fingerprint density at radius 1 is 1.00 bits per heavy atom. The Labute approximate surface area is 116 Å². The molecule has 0 saturated carbocycles. The van der Waals surface area contributed by atoms with E-state index in [1.165, 1.54) is 0 Å². The first-order valence-corrected chi connectivity index (χ1v) is 6.38. The molecule has 0 atom stereocenters. The zero-order valence-corrected chi connectivity index (χ0v) is 11.0. The van der Waals surface area contributed by atoms with E-state index in [1.54, 1.807) is 12.4 Å². The van der Waals surface area contributed by atoms with Crippen molar-refractivity contribution >= 4 is 11.6 Å².